The van der Waals surface area contributed by atoms with Gasteiger partial charge >= 0.3 is 6.09 Å². The lowest BCUT2D eigenvalue weighted by atomic mass is 10.0. The van der Waals surface area contributed by atoms with Crippen molar-refractivity contribution in [2.75, 3.05) is 30.3 Å². The molecule has 0 radical (unpaired) electrons. The van der Waals surface area contributed by atoms with E-state index in [2.05, 4.69) is 20.5 Å². The smallest absolute Gasteiger partial charge is 0.410 e. The first-order valence-corrected chi connectivity index (χ1v) is 15.0. The molecule has 13 heteroatoms. The average molecular weight is 585 g/mol. The number of hydrogen-bond acceptors (Lipinski definition) is 8. The standard InChI is InChI=1S/C27H32N6O5S2/c1-27(2,3)38-26(35)33-15-19(23-29-25(39)31-30-23)20(16-33)28-24(34)18-10-8-17(9-11-18)14-32-12-13-40(36,37)22-7-5-4-6-21(22)32/h4-11,19-20H,12-16H2,1-3H3,(H,28,34)(H2,29,30,31,39). The quantitative estimate of drug-likeness (QED) is 0.388. The summed E-state index contributed by atoms with van der Waals surface area (Å²) in [7, 11) is -3.28. The lowest BCUT2D eigenvalue weighted by Gasteiger charge is -2.31. The number of aromatic amines is 2. The maximum absolute atomic E-state index is 13.2. The molecule has 5 rings (SSSR count). The van der Waals surface area contributed by atoms with E-state index in [0.29, 0.717) is 46.4 Å². The van der Waals surface area contributed by atoms with E-state index >= 15 is 0 Å². The first-order chi connectivity index (χ1) is 18.9. The van der Waals surface area contributed by atoms with Crippen molar-refractivity contribution in [2.24, 2.45) is 0 Å². The molecule has 2 atom stereocenters. The van der Waals surface area contributed by atoms with Crippen molar-refractivity contribution in [1.82, 2.24) is 25.4 Å². The molecule has 1 saturated heterocycles. The molecule has 3 N–H and O–H groups in total. The van der Waals surface area contributed by atoms with Crippen LogP contribution in [0, 0.1) is 4.77 Å². The van der Waals surface area contributed by atoms with E-state index < -0.39 is 27.6 Å². The predicted octanol–water partition coefficient (Wildman–Crippen LogP) is 3.39. The third kappa shape index (κ3) is 6.04. The monoisotopic (exact) mass is 584 g/mol. The summed E-state index contributed by atoms with van der Waals surface area (Å²) in [6.07, 6.45) is -0.458. The van der Waals surface area contributed by atoms with Crippen molar-refractivity contribution in [3.8, 4) is 0 Å². The van der Waals surface area contributed by atoms with Crippen molar-refractivity contribution >= 4 is 39.7 Å². The van der Waals surface area contributed by atoms with E-state index in [1.165, 1.54) is 0 Å². The molecule has 2 aromatic carbocycles. The number of sulfone groups is 1. The molecule has 3 aromatic rings. The van der Waals surface area contributed by atoms with Crippen LogP contribution in [-0.2, 0) is 21.1 Å². The van der Waals surface area contributed by atoms with Crippen molar-refractivity contribution < 1.29 is 22.7 Å². The molecular weight excluding hydrogens is 552 g/mol. The molecule has 2 amide bonds. The minimum absolute atomic E-state index is 0.0633. The summed E-state index contributed by atoms with van der Waals surface area (Å²) in [5.74, 6) is 0.0316. The largest absolute Gasteiger partial charge is 0.444 e. The van der Waals surface area contributed by atoms with Gasteiger partial charge in [-0.15, -0.1) is 0 Å². The van der Waals surface area contributed by atoms with Crippen LogP contribution in [0.3, 0.4) is 0 Å². The summed E-state index contributed by atoms with van der Waals surface area (Å²) < 4.78 is 30.7. The minimum atomic E-state index is -3.28. The number of fused-ring (bicyclic) bond motifs is 1. The van der Waals surface area contributed by atoms with Crippen LogP contribution in [0.4, 0.5) is 10.5 Å². The van der Waals surface area contributed by atoms with Gasteiger partial charge in [-0.1, -0.05) is 24.3 Å². The van der Waals surface area contributed by atoms with Gasteiger partial charge in [-0.3, -0.25) is 15.0 Å². The zero-order valence-corrected chi connectivity index (χ0v) is 24.1. The Morgan fingerprint density at radius 1 is 1.10 bits per heavy atom. The number of carbonyl (C=O) groups excluding carboxylic acids is 2. The number of carbonyl (C=O) groups is 2. The first kappa shape index (κ1) is 27.8. The van der Waals surface area contributed by atoms with E-state index in [1.807, 2.05) is 29.2 Å². The highest BCUT2D eigenvalue weighted by Crippen LogP contribution is 2.31. The number of aromatic nitrogens is 3. The highest BCUT2D eigenvalue weighted by molar-refractivity contribution is 7.91. The number of para-hydroxylation sites is 1. The van der Waals surface area contributed by atoms with Gasteiger partial charge in [0.1, 0.15) is 11.4 Å². The Morgan fingerprint density at radius 3 is 2.50 bits per heavy atom. The van der Waals surface area contributed by atoms with Gasteiger partial charge in [0.15, 0.2) is 9.84 Å². The number of benzene rings is 2. The molecule has 11 nitrogen and oxygen atoms in total. The lowest BCUT2D eigenvalue weighted by molar-refractivity contribution is 0.0288. The van der Waals surface area contributed by atoms with Crippen LogP contribution < -0.4 is 10.2 Å². The van der Waals surface area contributed by atoms with Crippen LogP contribution in [0.25, 0.3) is 0 Å². The van der Waals surface area contributed by atoms with E-state index in [-0.39, 0.29) is 24.1 Å². The Bertz CT molecular complexity index is 1580. The Balaban J connectivity index is 1.28. The molecule has 1 aromatic heterocycles. The molecule has 2 unspecified atom stereocenters. The van der Waals surface area contributed by atoms with Gasteiger partial charge in [-0.2, -0.15) is 0 Å². The van der Waals surface area contributed by atoms with Crippen LogP contribution in [0.1, 0.15) is 48.4 Å². The summed E-state index contributed by atoms with van der Waals surface area (Å²) >= 11 is 5.10. The normalized spacial score (nSPS) is 20.2. The number of rotatable bonds is 5. The number of amides is 2. The third-order valence-corrected chi connectivity index (χ3v) is 8.85. The molecule has 1 fully saturated rings. The molecule has 0 spiro atoms. The molecular formula is C27H32N6O5S2. The van der Waals surface area contributed by atoms with Gasteiger partial charge in [-0.05, 0) is 62.8 Å². The lowest BCUT2D eigenvalue weighted by Crippen LogP contribution is -2.41. The van der Waals surface area contributed by atoms with E-state index in [1.54, 1.807) is 49.9 Å². The van der Waals surface area contributed by atoms with E-state index in [4.69, 9.17) is 17.0 Å². The highest BCUT2D eigenvalue weighted by Gasteiger charge is 2.40. The second-order valence-corrected chi connectivity index (χ2v) is 13.5. The zero-order valence-electron chi connectivity index (χ0n) is 22.5. The van der Waals surface area contributed by atoms with Gasteiger partial charge in [0, 0.05) is 31.7 Å². The summed E-state index contributed by atoms with van der Waals surface area (Å²) in [5, 5.41) is 8.77. The number of nitrogens with zero attached hydrogens (tertiary/aromatic N) is 3. The number of nitrogens with one attached hydrogen (secondary N) is 3. The molecule has 0 saturated carbocycles. The van der Waals surface area contributed by atoms with Crippen molar-refractivity contribution in [1.29, 1.82) is 0 Å². The van der Waals surface area contributed by atoms with Crippen molar-refractivity contribution in [3.63, 3.8) is 0 Å². The van der Waals surface area contributed by atoms with Crippen LogP contribution in [0.2, 0.25) is 0 Å². The fraction of sp³-hybridized carbons (Fsp3) is 0.407. The average Bonchev–Trinajstić information content (AvgIpc) is 3.51. The van der Waals surface area contributed by atoms with Crippen LogP contribution in [0.15, 0.2) is 53.4 Å². The molecule has 2 aliphatic heterocycles. The number of likely N-dealkylation sites (tertiary alicyclic amines) is 1. The Labute approximate surface area is 237 Å². The van der Waals surface area contributed by atoms with Crippen LogP contribution >= 0.6 is 12.2 Å². The van der Waals surface area contributed by atoms with Crippen molar-refractivity contribution in [2.45, 2.75) is 49.8 Å². The van der Waals surface area contributed by atoms with Crippen LogP contribution in [0.5, 0.6) is 0 Å². The third-order valence-electron chi connectivity index (χ3n) is 6.92. The summed E-state index contributed by atoms with van der Waals surface area (Å²) in [4.78, 5) is 34.3. The van der Waals surface area contributed by atoms with E-state index in [9.17, 15) is 18.0 Å². The minimum Gasteiger partial charge on any atom is -0.444 e. The number of hydrogen-bond donors (Lipinski definition) is 3. The number of H-pyrrole nitrogens is 2. The van der Waals surface area contributed by atoms with Gasteiger partial charge in [0.05, 0.1) is 28.3 Å². The van der Waals surface area contributed by atoms with Gasteiger partial charge < -0.3 is 19.9 Å². The number of anilines is 1. The maximum atomic E-state index is 13.2. The fourth-order valence-corrected chi connectivity index (χ4v) is 6.63. The zero-order chi connectivity index (χ0) is 28.7. The maximum Gasteiger partial charge on any atom is 0.410 e. The SMILES string of the molecule is CC(C)(C)OC(=O)N1CC(NC(=O)c2ccc(CN3CCS(=O)(=O)c4ccccc43)cc2)C(c2nc(=S)[nH][nH]2)C1. The molecule has 40 heavy (non-hydrogen) atoms. The molecule has 0 bridgehead atoms. The topological polar surface area (TPSA) is 140 Å². The fourth-order valence-electron chi connectivity index (χ4n) is 5.00. The second kappa shape index (κ2) is 10.7. The van der Waals surface area contributed by atoms with E-state index in [0.717, 1.165) is 5.56 Å². The second-order valence-electron chi connectivity index (χ2n) is 11.0. The summed E-state index contributed by atoms with van der Waals surface area (Å²) in [5.41, 5.74) is 1.46. The molecule has 3 heterocycles. The van der Waals surface area contributed by atoms with Crippen molar-refractivity contribution in [3.05, 3.63) is 70.3 Å². The predicted molar refractivity (Wildman–Crippen MR) is 152 cm³/mol. The Kier molecular flexibility index (Phi) is 7.44. The summed E-state index contributed by atoms with van der Waals surface area (Å²) in [6.45, 7) is 6.89. The summed E-state index contributed by atoms with van der Waals surface area (Å²) in [6, 6.07) is 13.8. The molecule has 0 aliphatic carbocycles. The van der Waals surface area contributed by atoms with Gasteiger partial charge in [0.25, 0.3) is 5.91 Å². The molecule has 212 valence electrons. The van der Waals surface area contributed by atoms with Crippen LogP contribution in [-0.4, -0.2) is 77.5 Å². The van der Waals surface area contributed by atoms with Gasteiger partial charge in [0.2, 0.25) is 4.77 Å². The Morgan fingerprint density at radius 2 is 1.82 bits per heavy atom. The number of ether oxygens (including phenoxy) is 1. The Hall–Kier alpha value is -3.71. The molecule has 2 aliphatic rings. The van der Waals surface area contributed by atoms with Gasteiger partial charge in [-0.25, -0.2) is 18.2 Å². The highest BCUT2D eigenvalue weighted by atomic mass is 32.2. The first-order valence-electron chi connectivity index (χ1n) is 13.0.